The Morgan fingerprint density at radius 2 is 0.638 bits per heavy atom. The van der Waals surface area contributed by atoms with E-state index in [1.54, 1.807) is 43.9 Å². The van der Waals surface area contributed by atoms with E-state index in [1.165, 1.54) is 84.4 Å². The molecule has 105 heavy (non-hydrogen) atoms. The lowest BCUT2D eigenvalue weighted by atomic mass is 9.52. The van der Waals surface area contributed by atoms with Crippen LogP contribution in [0.3, 0.4) is 0 Å². The van der Waals surface area contributed by atoms with Crippen molar-refractivity contribution in [1.82, 2.24) is 24.5 Å². The summed E-state index contributed by atoms with van der Waals surface area (Å²) >= 11 is 0. The number of rotatable bonds is 6. The molecule has 10 fully saturated rings. The zero-order chi connectivity index (χ0) is 88.4. The fraction of sp³-hybridized carbons (Fsp3) is 0.667. The van der Waals surface area contributed by atoms with E-state index in [0.717, 1.165) is 164 Å². The number of likely N-dealkylation sites (N-methyl/N-ethyl adjacent to an activating group) is 5. The smallest absolute Gasteiger partial charge is 0.497 e. The molecule has 15 aliphatic rings. The van der Waals surface area contributed by atoms with Gasteiger partial charge in [-0.25, -0.2) is 0 Å². The predicted molar refractivity (Wildman–Crippen MR) is 407 cm³/mol. The van der Waals surface area contributed by atoms with Crippen molar-refractivity contribution in [2.45, 2.75) is 263 Å². The summed E-state index contributed by atoms with van der Waals surface area (Å²) < 4.78 is 234. The Hall–Kier alpha value is -5.45. The monoisotopic (exact) mass is 1470 g/mol. The van der Waals surface area contributed by atoms with E-state index in [9.17, 15) is 22.0 Å². The molecule has 10 nitrogen and oxygen atoms in total. The van der Waals surface area contributed by atoms with Crippen LogP contribution in [0.25, 0.3) is 0 Å². The summed E-state index contributed by atoms with van der Waals surface area (Å²) in [4.78, 5) is 9.42. The molecular weight excluding hydrogens is 1330 g/mol. The van der Waals surface area contributed by atoms with Gasteiger partial charge in [0, 0.05) is 73.7 Å². The topological polar surface area (TPSA) is 62.4 Å². The van der Waals surface area contributed by atoms with Crippen LogP contribution in [-0.4, -0.2) is 157 Å². The second-order valence-corrected chi connectivity index (χ2v) is 34.3. The lowest BCUT2D eigenvalue weighted by molar-refractivity contribution is -0.274. The normalized spacial score (nSPS) is 38.5. The second kappa shape index (κ2) is 29.4. The summed E-state index contributed by atoms with van der Waals surface area (Å²) in [6.45, 7) is -7.66. The third-order valence-electron chi connectivity index (χ3n) is 30.2. The lowest BCUT2D eigenvalue weighted by Gasteiger charge is -2.58. The highest BCUT2D eigenvalue weighted by Crippen LogP contribution is 2.62. The number of alkyl halides is 5. The molecule has 0 N–H and O–H groups in total. The van der Waals surface area contributed by atoms with Gasteiger partial charge in [0.05, 0.1) is 30.8 Å². The van der Waals surface area contributed by atoms with Gasteiger partial charge < -0.3 is 48.2 Å². The molecule has 10 bridgehead atoms. The highest BCUT2D eigenvalue weighted by atomic mass is 19.4. The number of fused-ring (bicyclic) bond motifs is 5. The number of hydrogen-bond acceptors (Lipinski definition) is 10. The molecule has 570 valence electrons. The van der Waals surface area contributed by atoms with Crippen LogP contribution >= 0.6 is 0 Å². The van der Waals surface area contributed by atoms with Crippen LogP contribution < -0.4 is 23.7 Å². The maximum absolute atomic E-state index is 12.6. The standard InChI is InChI=1S/C18H22F3NO.C18H23F2NO.3C18H25NO/c1-22-9-8-17-7-3-2-4-14(17)16(22)10-12-5-6-13(11-15(12)17)23-18(19,20)21;1-21-9-8-18-7-3-2-4-14(18)16(21)10-12-5-6-13(11-15(12)18)22-17(19)20;3*1-19-10-9-18-8-4-3-5-15(18)17(19)11-13-6-7-14(20-2)12-16(13)18/h5-6,11,14,16H,2-4,7-10H2,1H3;5-6,11,14,16-17H,2-4,7-10H2,1H3;3*6-7,12,15,17H,3-5,8-11H2,1-2H3/t14-,16?,17+;14-,16?,18+;3*15-,17?,18+/m11111/s1/i;1D3;1D3,2D3;2*1D3,2D2. The molecule has 10 aliphatic carbocycles. The highest BCUT2D eigenvalue weighted by molar-refractivity contribution is 5.51. The van der Waals surface area contributed by atoms with Gasteiger partial charge in [0.2, 0.25) is 0 Å². The minimum absolute atomic E-state index is 0.0101. The Bertz CT molecular complexity index is 4360. The Morgan fingerprint density at radius 3 is 0.933 bits per heavy atom. The van der Waals surface area contributed by atoms with Gasteiger partial charge in [-0.05, 0) is 342 Å². The number of piperidine rings is 5. The van der Waals surface area contributed by atoms with Crippen LogP contribution in [0.4, 0.5) is 22.0 Å². The van der Waals surface area contributed by atoms with Crippen LogP contribution in [0.2, 0.25) is 0 Å². The van der Waals surface area contributed by atoms with Gasteiger partial charge in [0.1, 0.15) is 28.7 Å². The van der Waals surface area contributed by atoms with E-state index in [4.69, 9.17) is 40.3 Å². The van der Waals surface area contributed by atoms with Gasteiger partial charge in [-0.15, -0.1) is 13.2 Å². The molecule has 5 saturated carbocycles. The van der Waals surface area contributed by atoms with E-state index < -0.39 is 62.0 Å². The lowest BCUT2D eigenvalue weighted by Crippen LogP contribution is -2.59. The molecular formula is C90H120F5N5O5. The molecule has 5 aliphatic heterocycles. The first-order valence-electron chi connectivity index (χ1n) is 49.6. The van der Waals surface area contributed by atoms with Gasteiger partial charge in [0.25, 0.3) is 0 Å². The van der Waals surface area contributed by atoms with Gasteiger partial charge in [-0.1, -0.05) is 94.5 Å². The molecule has 5 aromatic rings. The minimum atomic E-state index is -4.62. The zero-order valence-corrected chi connectivity index (χ0v) is 61.1. The molecule has 5 saturated heterocycles. The average Bonchev–Trinajstić information content (AvgIpc) is 0.724. The van der Waals surface area contributed by atoms with Crippen molar-refractivity contribution in [1.29, 1.82) is 0 Å². The van der Waals surface area contributed by atoms with Crippen LogP contribution in [0.1, 0.15) is 242 Å². The third kappa shape index (κ3) is 13.1. The summed E-state index contributed by atoms with van der Waals surface area (Å²) in [5.74, 6) is 3.64. The van der Waals surface area contributed by atoms with Crippen molar-refractivity contribution >= 4 is 0 Å². The predicted octanol–water partition coefficient (Wildman–Crippen LogP) is 18.4. The number of benzene rings is 5. The summed E-state index contributed by atoms with van der Waals surface area (Å²) in [6.07, 6.45) is 26.0. The fourth-order valence-corrected chi connectivity index (χ4v) is 25.7. The Labute approximate surface area is 650 Å². The first-order valence-corrected chi connectivity index (χ1v) is 39.8. The van der Waals surface area contributed by atoms with E-state index in [2.05, 4.69) is 21.4 Å². The van der Waals surface area contributed by atoms with E-state index in [-0.39, 0.29) is 68.7 Å². The first kappa shape index (κ1) is 54.2. The van der Waals surface area contributed by atoms with Gasteiger partial charge >= 0.3 is 13.0 Å². The molecule has 0 amide bonds. The Morgan fingerprint density at radius 1 is 0.362 bits per heavy atom. The maximum atomic E-state index is 12.6. The number of halogens is 5. The zero-order valence-electron chi connectivity index (χ0n) is 80.1. The summed E-state index contributed by atoms with van der Waals surface area (Å²) in [7, 11) is -2.92. The Kier molecular flexibility index (Phi) is 15.2. The molecule has 20 rings (SSSR count). The molecule has 15 heteroatoms. The summed E-state index contributed by atoms with van der Waals surface area (Å²) in [5.41, 5.74) is 12.0. The van der Waals surface area contributed by atoms with E-state index in [1.807, 2.05) is 60.7 Å². The van der Waals surface area contributed by atoms with Crippen LogP contribution in [0, 0.1) is 29.6 Å². The van der Waals surface area contributed by atoms with Crippen molar-refractivity contribution in [3.63, 3.8) is 0 Å². The minimum Gasteiger partial charge on any atom is -0.497 e. The molecule has 5 heterocycles. The van der Waals surface area contributed by atoms with Crippen molar-refractivity contribution in [3.8, 4) is 28.7 Å². The van der Waals surface area contributed by atoms with Crippen molar-refractivity contribution in [3.05, 3.63) is 147 Å². The number of nitrogens with zero attached hydrogens (tertiary/aromatic N) is 5. The quantitative estimate of drug-likeness (QED) is 0.154. The Balaban J connectivity index is 0.000000115. The van der Waals surface area contributed by atoms with Gasteiger partial charge in [0.15, 0.2) is 0 Å². The van der Waals surface area contributed by atoms with Crippen molar-refractivity contribution in [2.75, 3.05) is 88.8 Å². The summed E-state index contributed by atoms with van der Waals surface area (Å²) in [6, 6.07) is 28.3. The van der Waals surface area contributed by atoms with Crippen molar-refractivity contribution in [2.24, 2.45) is 29.6 Å². The van der Waals surface area contributed by atoms with Crippen LogP contribution in [0.15, 0.2) is 91.0 Å². The highest BCUT2D eigenvalue weighted by Gasteiger charge is 2.59. The van der Waals surface area contributed by atoms with Crippen LogP contribution in [0.5, 0.6) is 28.7 Å². The number of ether oxygens (including phenoxy) is 5. The van der Waals surface area contributed by atoms with Gasteiger partial charge in [-0.2, -0.15) is 8.78 Å². The molecule has 0 radical (unpaired) electrons. The molecule has 15 atom stereocenters. The average molecular weight is 1470 g/mol. The first-order chi connectivity index (χ1) is 58.4. The maximum Gasteiger partial charge on any atom is 0.573 e. The summed E-state index contributed by atoms with van der Waals surface area (Å²) in [5, 5.41) is 0. The number of hydrogen-bond donors (Lipinski definition) is 0. The van der Waals surface area contributed by atoms with E-state index in [0.29, 0.717) is 86.0 Å². The van der Waals surface area contributed by atoms with Crippen molar-refractivity contribution < 1.29 is 71.7 Å². The SMILES string of the molecule is CN1CC[C@@]23CCCC[C@@H]2C1Cc1ccc(OC(F)(F)F)cc13.[2H]C([2H])([2H])N1CC[C@@]23CCCC[C@@H]2C1Cc1ccc(OC(F)F)cc13.[2H]C([2H])([2H])Oc1ccc2c(c1)[C@]13CCCC[C@@H]1C(C2)N(C([2H])([2H])[2H])CC3.[2H]C([2H])Oc1ccc2c(c1)[C@]13CCCC[C@@H]1C(C2)N(C([2H])([2H])[2H])CC3.[2H]C([2H])Oc1ccc2c(c1)[C@]13CCCC[C@@H]1C(C2)N(C([2H])([2H])[2H])CC3. The molecule has 0 aromatic heterocycles. The fourth-order valence-electron chi connectivity index (χ4n) is 25.7. The molecule has 0 spiro atoms. The third-order valence-corrected chi connectivity index (χ3v) is 30.2. The van der Waals surface area contributed by atoms with E-state index >= 15 is 0 Å². The molecule has 5 aromatic carbocycles. The second-order valence-electron chi connectivity index (χ2n) is 34.3. The number of likely N-dealkylation sites (tertiary alicyclic amines) is 5. The van der Waals surface area contributed by atoms with Gasteiger partial charge in [-0.3, -0.25) is 0 Å². The largest absolute Gasteiger partial charge is 0.573 e. The number of methoxy groups -OCH3 is 3. The van der Waals surface area contributed by atoms with Crippen LogP contribution in [-0.2, 0) is 59.2 Å². The molecule has 5 unspecified atom stereocenters.